The topological polar surface area (TPSA) is 65.2 Å². The van der Waals surface area contributed by atoms with E-state index in [1.54, 1.807) is 0 Å². The van der Waals surface area contributed by atoms with Gasteiger partial charge in [0.15, 0.2) is 0 Å². The highest BCUT2D eigenvalue weighted by atomic mass is 16.2. The Hall–Kier alpha value is -3.86. The number of H-pyrrole nitrogens is 1. The number of hydrogen-bond acceptors (Lipinski definition) is 2. The number of aromatic nitrogens is 1. The zero-order valence-corrected chi connectivity index (χ0v) is 19.2. The molecule has 2 heterocycles. The number of hydrogen-bond donors (Lipinski definition) is 2. The number of fused-ring (bicyclic) bond motifs is 1. The van der Waals surface area contributed by atoms with Gasteiger partial charge in [-0.25, -0.2) is 0 Å². The van der Waals surface area contributed by atoms with Gasteiger partial charge in [0, 0.05) is 48.2 Å². The van der Waals surface area contributed by atoms with E-state index in [2.05, 4.69) is 34.6 Å². The van der Waals surface area contributed by atoms with E-state index >= 15 is 0 Å². The van der Waals surface area contributed by atoms with E-state index in [1.807, 2.05) is 65.7 Å². The number of carbonyl (C=O) groups is 2. The van der Waals surface area contributed by atoms with Crippen LogP contribution in [0.3, 0.4) is 0 Å². The van der Waals surface area contributed by atoms with Crippen LogP contribution in [0.1, 0.15) is 28.8 Å². The summed E-state index contributed by atoms with van der Waals surface area (Å²) in [7, 11) is 0. The molecule has 172 valence electrons. The Morgan fingerprint density at radius 1 is 0.853 bits per heavy atom. The third kappa shape index (κ3) is 4.74. The maximum atomic E-state index is 13.0. The van der Waals surface area contributed by atoms with E-state index in [0.717, 1.165) is 23.1 Å². The van der Waals surface area contributed by atoms with E-state index in [4.69, 9.17) is 0 Å². The van der Waals surface area contributed by atoms with E-state index in [-0.39, 0.29) is 17.7 Å². The maximum absolute atomic E-state index is 13.0. The molecular weight excluding hydrogens is 422 g/mol. The number of nitrogens with zero attached hydrogens (tertiary/aromatic N) is 1. The molecule has 5 heteroatoms. The monoisotopic (exact) mass is 451 g/mol. The summed E-state index contributed by atoms with van der Waals surface area (Å²) in [5.41, 5.74) is 5.27. The molecular formula is C29H29N3O2. The lowest BCUT2D eigenvalue weighted by Gasteiger charge is -2.31. The highest BCUT2D eigenvalue weighted by molar-refractivity contribution is 5.95. The van der Waals surface area contributed by atoms with Crippen LogP contribution in [0.5, 0.6) is 0 Å². The number of rotatable bonds is 6. The molecule has 2 N–H and O–H groups in total. The molecule has 1 saturated heterocycles. The van der Waals surface area contributed by atoms with Gasteiger partial charge in [-0.1, -0.05) is 60.7 Å². The fraction of sp³-hybridized carbons (Fsp3) is 0.241. The number of carbonyl (C=O) groups excluding carboxylic acids is 2. The van der Waals surface area contributed by atoms with Crippen LogP contribution < -0.4 is 5.32 Å². The van der Waals surface area contributed by atoms with Crippen LogP contribution in [-0.4, -0.2) is 41.3 Å². The Morgan fingerprint density at radius 3 is 2.29 bits per heavy atom. The van der Waals surface area contributed by atoms with E-state index in [1.165, 1.54) is 10.9 Å². The van der Waals surface area contributed by atoms with Crippen molar-refractivity contribution in [2.45, 2.75) is 19.3 Å². The summed E-state index contributed by atoms with van der Waals surface area (Å²) in [6.45, 7) is 1.84. The standard InChI is InChI=1S/C29H29N3O2/c33-28(30-17-14-25-20-31-27-9-5-4-8-26(25)27)23-15-18-32(19-16-23)29(34)24-12-10-22(11-13-24)21-6-2-1-3-7-21/h1-13,20,23,31H,14-19H2,(H,30,33). The zero-order valence-electron chi connectivity index (χ0n) is 19.2. The Labute approximate surface area is 199 Å². The van der Waals surface area contributed by atoms with Crippen molar-refractivity contribution in [2.75, 3.05) is 19.6 Å². The molecule has 0 saturated carbocycles. The van der Waals surface area contributed by atoms with Gasteiger partial charge in [0.05, 0.1) is 0 Å². The summed E-state index contributed by atoms with van der Waals surface area (Å²) >= 11 is 0. The van der Waals surface area contributed by atoms with Gasteiger partial charge in [-0.05, 0) is 54.2 Å². The van der Waals surface area contributed by atoms with Gasteiger partial charge in [0.1, 0.15) is 0 Å². The number of nitrogens with one attached hydrogen (secondary N) is 2. The second kappa shape index (κ2) is 9.96. The molecule has 34 heavy (non-hydrogen) atoms. The molecule has 1 aliphatic rings. The number of benzene rings is 3. The van der Waals surface area contributed by atoms with Crippen molar-refractivity contribution >= 4 is 22.7 Å². The summed E-state index contributed by atoms with van der Waals surface area (Å²) in [4.78, 5) is 30.8. The fourth-order valence-corrected chi connectivity index (χ4v) is 4.77. The molecule has 4 aromatic rings. The fourth-order valence-electron chi connectivity index (χ4n) is 4.77. The maximum Gasteiger partial charge on any atom is 0.253 e. The molecule has 0 unspecified atom stereocenters. The second-order valence-corrected chi connectivity index (χ2v) is 8.91. The zero-order chi connectivity index (χ0) is 23.3. The van der Waals surface area contributed by atoms with Gasteiger partial charge in [-0.15, -0.1) is 0 Å². The number of para-hydroxylation sites is 1. The van der Waals surface area contributed by atoms with Crippen LogP contribution in [0.25, 0.3) is 22.0 Å². The minimum absolute atomic E-state index is 0.0347. The van der Waals surface area contributed by atoms with Gasteiger partial charge in [-0.2, -0.15) is 0 Å². The number of piperidine rings is 1. The van der Waals surface area contributed by atoms with E-state index in [0.29, 0.717) is 38.0 Å². The Morgan fingerprint density at radius 2 is 1.53 bits per heavy atom. The van der Waals surface area contributed by atoms with Gasteiger partial charge >= 0.3 is 0 Å². The van der Waals surface area contributed by atoms with Crippen molar-refractivity contribution in [2.24, 2.45) is 5.92 Å². The first-order valence-corrected chi connectivity index (χ1v) is 12.0. The quantitative estimate of drug-likeness (QED) is 0.431. The van der Waals surface area contributed by atoms with Crippen molar-refractivity contribution in [3.63, 3.8) is 0 Å². The Balaban J connectivity index is 1.10. The summed E-state index contributed by atoms with van der Waals surface area (Å²) in [6.07, 6.45) is 4.22. The average Bonchev–Trinajstić information content (AvgIpc) is 3.32. The van der Waals surface area contributed by atoms with Crippen molar-refractivity contribution in [3.05, 3.63) is 96.2 Å². The number of amides is 2. The lowest BCUT2D eigenvalue weighted by atomic mass is 9.95. The minimum Gasteiger partial charge on any atom is -0.361 e. The van der Waals surface area contributed by atoms with Gasteiger partial charge in [0.2, 0.25) is 5.91 Å². The number of likely N-dealkylation sites (tertiary alicyclic amines) is 1. The second-order valence-electron chi connectivity index (χ2n) is 8.91. The predicted octanol–water partition coefficient (Wildman–Crippen LogP) is 5.05. The van der Waals surface area contributed by atoms with Crippen LogP contribution >= 0.6 is 0 Å². The first-order chi connectivity index (χ1) is 16.7. The number of aromatic amines is 1. The third-order valence-corrected chi connectivity index (χ3v) is 6.76. The van der Waals surface area contributed by atoms with Crippen LogP contribution in [-0.2, 0) is 11.2 Å². The lowest BCUT2D eigenvalue weighted by molar-refractivity contribution is -0.126. The molecule has 1 fully saturated rings. The smallest absolute Gasteiger partial charge is 0.253 e. The minimum atomic E-state index is -0.0347. The van der Waals surface area contributed by atoms with Gasteiger partial charge in [0.25, 0.3) is 5.91 Å². The molecule has 0 bridgehead atoms. The van der Waals surface area contributed by atoms with Crippen LogP contribution in [0.15, 0.2) is 85.1 Å². The molecule has 2 amide bonds. The Kier molecular flexibility index (Phi) is 6.43. The summed E-state index contributed by atoms with van der Waals surface area (Å²) in [6, 6.07) is 26.1. The largest absolute Gasteiger partial charge is 0.361 e. The van der Waals surface area contributed by atoms with E-state index < -0.39 is 0 Å². The predicted molar refractivity (Wildman–Crippen MR) is 136 cm³/mol. The van der Waals surface area contributed by atoms with Crippen LogP contribution in [0.2, 0.25) is 0 Å². The molecule has 0 radical (unpaired) electrons. The van der Waals surface area contributed by atoms with Crippen molar-refractivity contribution in [3.8, 4) is 11.1 Å². The van der Waals surface area contributed by atoms with Crippen LogP contribution in [0, 0.1) is 5.92 Å². The first-order valence-electron chi connectivity index (χ1n) is 12.0. The van der Waals surface area contributed by atoms with Crippen molar-refractivity contribution in [1.82, 2.24) is 15.2 Å². The summed E-state index contributed by atoms with van der Waals surface area (Å²) < 4.78 is 0. The molecule has 1 aliphatic heterocycles. The highest BCUT2D eigenvalue weighted by Gasteiger charge is 2.27. The van der Waals surface area contributed by atoms with Gasteiger partial charge < -0.3 is 15.2 Å². The Bertz CT molecular complexity index is 1270. The molecule has 0 aliphatic carbocycles. The third-order valence-electron chi connectivity index (χ3n) is 6.76. The van der Waals surface area contributed by atoms with Crippen molar-refractivity contribution < 1.29 is 9.59 Å². The highest BCUT2D eigenvalue weighted by Crippen LogP contribution is 2.23. The molecule has 0 atom stereocenters. The van der Waals surface area contributed by atoms with Crippen molar-refractivity contribution in [1.29, 1.82) is 0 Å². The average molecular weight is 452 g/mol. The lowest BCUT2D eigenvalue weighted by Crippen LogP contribution is -2.43. The molecule has 0 spiro atoms. The van der Waals surface area contributed by atoms with Crippen LogP contribution in [0.4, 0.5) is 0 Å². The summed E-state index contributed by atoms with van der Waals surface area (Å²) in [5.74, 6) is 0.101. The molecule has 3 aromatic carbocycles. The SMILES string of the molecule is O=C(NCCc1c[nH]c2ccccc12)C1CCN(C(=O)c2ccc(-c3ccccc3)cc2)CC1. The molecule has 5 nitrogen and oxygen atoms in total. The first kappa shape index (κ1) is 22.0. The van der Waals surface area contributed by atoms with Gasteiger partial charge in [-0.3, -0.25) is 9.59 Å². The summed E-state index contributed by atoms with van der Waals surface area (Å²) in [5, 5.41) is 4.31. The molecule has 1 aromatic heterocycles. The molecule has 5 rings (SSSR count). The van der Waals surface area contributed by atoms with E-state index in [9.17, 15) is 9.59 Å². The normalized spacial score (nSPS) is 14.3.